The van der Waals surface area contributed by atoms with Crippen LogP contribution in [0, 0.1) is 13.8 Å². The van der Waals surface area contributed by atoms with Gasteiger partial charge in [0.1, 0.15) is 0 Å². The van der Waals surface area contributed by atoms with Crippen LogP contribution in [0.15, 0.2) is 43.5 Å². The number of thioether (sulfide) groups is 1. The van der Waals surface area contributed by atoms with Gasteiger partial charge in [-0.25, -0.2) is 4.79 Å². The first-order valence-electron chi connectivity index (χ1n) is 8.05. The number of H-pyrrole nitrogens is 2. The first-order chi connectivity index (χ1) is 12.9. The number of aromatic amines is 2. The average molecular weight is 387 g/mol. The Morgan fingerprint density at radius 3 is 2.70 bits per heavy atom. The van der Waals surface area contributed by atoms with Crippen LogP contribution in [0.2, 0.25) is 0 Å². The molecule has 0 unspecified atom stereocenters. The van der Waals surface area contributed by atoms with E-state index in [2.05, 4.69) is 25.5 Å². The molecule has 1 aromatic carbocycles. The zero-order valence-electron chi connectivity index (χ0n) is 14.7. The number of nitrogens with zero attached hydrogens (tertiary/aromatic N) is 2. The molecule has 3 rings (SSSR count). The van der Waals surface area contributed by atoms with Gasteiger partial charge in [0.2, 0.25) is 11.8 Å². The molecule has 0 radical (unpaired) electrons. The number of rotatable bonds is 6. The maximum atomic E-state index is 12.1. The summed E-state index contributed by atoms with van der Waals surface area (Å²) in [6.45, 7) is 3.53. The summed E-state index contributed by atoms with van der Waals surface area (Å²) in [5, 5.41) is 10.8. The smallest absolute Gasteiger partial charge is 0.325 e. The van der Waals surface area contributed by atoms with Crippen molar-refractivity contribution >= 4 is 23.4 Å². The van der Waals surface area contributed by atoms with Crippen molar-refractivity contribution in [1.29, 1.82) is 0 Å². The molecule has 0 fully saturated rings. The molecule has 2 heterocycles. The van der Waals surface area contributed by atoms with E-state index in [0.717, 1.165) is 23.0 Å². The number of nitrogens with one attached hydrogen (secondary N) is 3. The molecule has 0 saturated carbocycles. The summed E-state index contributed by atoms with van der Waals surface area (Å²) in [4.78, 5) is 39.8. The third-order valence-electron chi connectivity index (χ3n) is 3.78. The van der Waals surface area contributed by atoms with Crippen LogP contribution in [0.4, 0.5) is 5.69 Å². The molecule has 140 valence electrons. The van der Waals surface area contributed by atoms with Crippen LogP contribution in [0.1, 0.15) is 22.7 Å². The maximum absolute atomic E-state index is 12.1. The number of aryl methyl sites for hydroxylation is 2. The second kappa shape index (κ2) is 8.04. The van der Waals surface area contributed by atoms with Crippen molar-refractivity contribution in [2.45, 2.75) is 25.5 Å². The van der Waals surface area contributed by atoms with E-state index in [1.807, 2.05) is 31.2 Å². The molecule has 0 spiro atoms. The Bertz CT molecular complexity index is 1090. The Morgan fingerprint density at radius 2 is 1.96 bits per heavy atom. The zero-order chi connectivity index (χ0) is 19.4. The van der Waals surface area contributed by atoms with Crippen LogP contribution in [-0.2, 0) is 11.2 Å². The number of carbonyl (C=O) groups is 1. The van der Waals surface area contributed by atoms with Gasteiger partial charge in [-0.15, -0.1) is 10.2 Å². The zero-order valence-corrected chi connectivity index (χ0v) is 15.5. The Hall–Kier alpha value is -3.14. The molecule has 2 aromatic heterocycles. The monoisotopic (exact) mass is 387 g/mol. The minimum absolute atomic E-state index is 0.0842. The van der Waals surface area contributed by atoms with Crippen LogP contribution in [0.25, 0.3) is 0 Å². The molecule has 27 heavy (non-hydrogen) atoms. The molecule has 9 nitrogen and oxygen atoms in total. The fraction of sp³-hybridized carbons (Fsp3) is 0.235. The lowest BCUT2D eigenvalue weighted by Gasteiger charge is -2.06. The molecular formula is C17H17N5O4S. The second-order valence-corrected chi connectivity index (χ2v) is 6.73. The van der Waals surface area contributed by atoms with Crippen molar-refractivity contribution in [3.63, 3.8) is 0 Å². The van der Waals surface area contributed by atoms with Gasteiger partial charge in [-0.1, -0.05) is 30.0 Å². The van der Waals surface area contributed by atoms with Crippen LogP contribution < -0.4 is 16.6 Å². The quantitative estimate of drug-likeness (QED) is 0.544. The molecule has 0 bridgehead atoms. The Labute approximate surface area is 157 Å². The largest absolute Gasteiger partial charge is 0.416 e. The van der Waals surface area contributed by atoms with Crippen molar-refractivity contribution in [2.24, 2.45) is 0 Å². The van der Waals surface area contributed by atoms with Gasteiger partial charge in [0.15, 0.2) is 0 Å². The molecule has 3 N–H and O–H groups in total. The summed E-state index contributed by atoms with van der Waals surface area (Å²) in [6.07, 6.45) is 0.0842. The van der Waals surface area contributed by atoms with Gasteiger partial charge in [0.05, 0.1) is 12.2 Å². The minimum atomic E-state index is -0.567. The number of aromatic nitrogens is 4. The SMILES string of the molecule is Cc1ccccc1NC(=O)CSc1nnc(Cc2c(C)[nH]c(=O)[nH]c2=O)o1. The number of anilines is 1. The van der Waals surface area contributed by atoms with E-state index in [4.69, 9.17) is 4.42 Å². The number of hydrogen-bond acceptors (Lipinski definition) is 7. The Morgan fingerprint density at radius 1 is 1.19 bits per heavy atom. The highest BCUT2D eigenvalue weighted by atomic mass is 32.2. The lowest BCUT2D eigenvalue weighted by Crippen LogP contribution is -2.27. The fourth-order valence-corrected chi connectivity index (χ4v) is 2.97. The van der Waals surface area contributed by atoms with Gasteiger partial charge in [-0.05, 0) is 25.5 Å². The van der Waals surface area contributed by atoms with E-state index in [1.54, 1.807) is 6.92 Å². The predicted octanol–water partition coefficient (Wildman–Crippen LogP) is 1.38. The Kier molecular flexibility index (Phi) is 5.55. The van der Waals surface area contributed by atoms with E-state index in [0.29, 0.717) is 11.3 Å². The number of para-hydroxylation sites is 1. The topological polar surface area (TPSA) is 134 Å². The van der Waals surface area contributed by atoms with Gasteiger partial charge in [-0.3, -0.25) is 14.6 Å². The van der Waals surface area contributed by atoms with E-state index in [9.17, 15) is 14.4 Å². The van der Waals surface area contributed by atoms with E-state index in [1.165, 1.54) is 0 Å². The summed E-state index contributed by atoms with van der Waals surface area (Å²) >= 11 is 1.10. The number of hydrogen-bond donors (Lipinski definition) is 3. The minimum Gasteiger partial charge on any atom is -0.416 e. The van der Waals surface area contributed by atoms with E-state index >= 15 is 0 Å². The highest BCUT2D eigenvalue weighted by Crippen LogP contribution is 2.19. The standard InChI is InChI=1S/C17H17N5O4S/c1-9-5-3-4-6-12(9)19-13(23)8-27-17-22-21-14(26-17)7-11-10(2)18-16(25)20-15(11)24/h3-6H,7-8H2,1-2H3,(H,19,23)(H2,18,20,24,25). The number of carbonyl (C=O) groups excluding carboxylic acids is 1. The summed E-state index contributed by atoms with van der Waals surface area (Å²) in [6, 6.07) is 7.48. The molecule has 0 aliphatic carbocycles. The maximum Gasteiger partial charge on any atom is 0.325 e. The summed E-state index contributed by atoms with van der Waals surface area (Å²) < 4.78 is 5.47. The van der Waals surface area contributed by atoms with Crippen molar-refractivity contribution in [1.82, 2.24) is 20.2 Å². The van der Waals surface area contributed by atoms with E-state index in [-0.39, 0.29) is 29.2 Å². The summed E-state index contributed by atoms with van der Waals surface area (Å²) in [7, 11) is 0. The van der Waals surface area contributed by atoms with Crippen LogP contribution in [0.3, 0.4) is 0 Å². The van der Waals surface area contributed by atoms with Crippen molar-refractivity contribution in [2.75, 3.05) is 11.1 Å². The first-order valence-corrected chi connectivity index (χ1v) is 9.03. The molecule has 10 heteroatoms. The van der Waals surface area contributed by atoms with Crippen molar-refractivity contribution in [3.05, 3.63) is 67.8 Å². The third-order valence-corrected chi connectivity index (χ3v) is 4.60. The van der Waals surface area contributed by atoms with Crippen molar-refractivity contribution in [3.8, 4) is 0 Å². The molecule has 0 atom stereocenters. The molecule has 0 saturated heterocycles. The molecule has 1 amide bonds. The van der Waals surface area contributed by atoms with Gasteiger partial charge in [0.25, 0.3) is 10.8 Å². The van der Waals surface area contributed by atoms with Gasteiger partial charge in [0, 0.05) is 16.9 Å². The lowest BCUT2D eigenvalue weighted by molar-refractivity contribution is -0.113. The Balaban J connectivity index is 1.60. The lowest BCUT2D eigenvalue weighted by atomic mass is 10.2. The summed E-state index contributed by atoms with van der Waals surface area (Å²) in [5.41, 5.74) is 1.43. The highest BCUT2D eigenvalue weighted by Gasteiger charge is 2.14. The predicted molar refractivity (Wildman–Crippen MR) is 100 cm³/mol. The van der Waals surface area contributed by atoms with Gasteiger partial charge in [-0.2, -0.15) is 0 Å². The average Bonchev–Trinajstić information content (AvgIpc) is 3.06. The first kappa shape index (κ1) is 18.6. The van der Waals surface area contributed by atoms with Gasteiger partial charge >= 0.3 is 5.69 Å². The second-order valence-electron chi connectivity index (χ2n) is 5.80. The number of amides is 1. The fourth-order valence-electron chi connectivity index (χ4n) is 2.38. The van der Waals surface area contributed by atoms with Crippen LogP contribution in [-0.4, -0.2) is 31.8 Å². The normalized spacial score (nSPS) is 10.7. The van der Waals surface area contributed by atoms with Crippen LogP contribution >= 0.6 is 11.8 Å². The molecule has 0 aliphatic heterocycles. The number of benzene rings is 1. The van der Waals surface area contributed by atoms with E-state index < -0.39 is 11.2 Å². The van der Waals surface area contributed by atoms with Crippen LogP contribution in [0.5, 0.6) is 0 Å². The molecular weight excluding hydrogens is 370 g/mol. The third kappa shape index (κ3) is 4.73. The highest BCUT2D eigenvalue weighted by molar-refractivity contribution is 7.99. The summed E-state index contributed by atoms with van der Waals surface area (Å²) in [5.74, 6) is 0.133. The van der Waals surface area contributed by atoms with Gasteiger partial charge < -0.3 is 14.7 Å². The molecule has 3 aromatic rings. The van der Waals surface area contributed by atoms with Crippen molar-refractivity contribution < 1.29 is 9.21 Å². The molecule has 0 aliphatic rings.